The second-order valence-corrected chi connectivity index (χ2v) is 6.22. The van der Waals surface area contributed by atoms with E-state index in [1.807, 2.05) is 0 Å². The van der Waals surface area contributed by atoms with Crippen LogP contribution in [0.2, 0.25) is 5.02 Å². The number of rotatable bonds is 6. The molecule has 2 N–H and O–H groups in total. The molecule has 0 heterocycles. The number of amides is 2. The summed E-state index contributed by atoms with van der Waals surface area (Å²) in [6.07, 6.45) is 0.387. The Kier molecular flexibility index (Phi) is 6.63. The first-order valence-electron chi connectivity index (χ1n) is 7.25. The molecule has 0 atom stereocenters. The maximum atomic E-state index is 12.0. The third kappa shape index (κ3) is 5.54. The van der Waals surface area contributed by atoms with Crippen LogP contribution >= 0.6 is 27.5 Å². The van der Waals surface area contributed by atoms with E-state index in [4.69, 9.17) is 16.3 Å². The summed E-state index contributed by atoms with van der Waals surface area (Å²) in [6, 6.07) is 12.0. The quantitative estimate of drug-likeness (QED) is 0.737. The van der Waals surface area contributed by atoms with Gasteiger partial charge in [0.1, 0.15) is 5.75 Å². The number of carbonyl (C=O) groups is 2. The van der Waals surface area contributed by atoms with Gasteiger partial charge in [-0.2, -0.15) is 0 Å². The van der Waals surface area contributed by atoms with E-state index in [2.05, 4.69) is 26.6 Å². The molecule has 2 amide bonds. The first kappa shape index (κ1) is 18.3. The number of anilines is 2. The molecule has 126 valence electrons. The Morgan fingerprint density at radius 1 is 1.08 bits per heavy atom. The lowest BCUT2D eigenvalue weighted by Gasteiger charge is -2.10. The Labute approximate surface area is 153 Å². The van der Waals surface area contributed by atoms with Crippen molar-refractivity contribution in [2.45, 2.75) is 13.3 Å². The van der Waals surface area contributed by atoms with Crippen LogP contribution < -0.4 is 15.4 Å². The highest BCUT2D eigenvalue weighted by atomic mass is 79.9. The van der Waals surface area contributed by atoms with E-state index in [-0.39, 0.29) is 18.4 Å². The van der Waals surface area contributed by atoms with Crippen LogP contribution in [0.15, 0.2) is 46.9 Å². The largest absolute Gasteiger partial charge is 0.482 e. The van der Waals surface area contributed by atoms with Crippen molar-refractivity contribution in [3.8, 4) is 5.75 Å². The summed E-state index contributed by atoms with van der Waals surface area (Å²) in [6.45, 7) is 1.60. The molecule has 7 heteroatoms. The molecule has 0 bridgehead atoms. The van der Waals surface area contributed by atoms with Crippen LogP contribution in [0.3, 0.4) is 0 Å². The smallest absolute Gasteiger partial charge is 0.262 e. The molecular weight excluding hydrogens is 396 g/mol. The zero-order valence-corrected chi connectivity index (χ0v) is 15.3. The number of hydrogen-bond donors (Lipinski definition) is 2. The molecule has 24 heavy (non-hydrogen) atoms. The van der Waals surface area contributed by atoms with Crippen LogP contribution in [0.1, 0.15) is 13.3 Å². The van der Waals surface area contributed by atoms with E-state index in [1.165, 1.54) is 0 Å². The highest BCUT2D eigenvalue weighted by molar-refractivity contribution is 9.10. The minimum Gasteiger partial charge on any atom is -0.482 e. The molecule has 0 radical (unpaired) electrons. The molecule has 2 aromatic rings. The lowest BCUT2D eigenvalue weighted by atomic mass is 10.2. The van der Waals surface area contributed by atoms with Crippen LogP contribution in [0.4, 0.5) is 11.4 Å². The SMILES string of the molecule is CCC(=O)Nc1cccc(NC(=O)COc2ccc(Br)cc2Cl)c1. The molecule has 0 aliphatic carbocycles. The monoisotopic (exact) mass is 410 g/mol. The van der Waals surface area contributed by atoms with Gasteiger partial charge in [0.05, 0.1) is 5.02 Å². The van der Waals surface area contributed by atoms with Crippen molar-refractivity contribution in [3.05, 3.63) is 52.0 Å². The van der Waals surface area contributed by atoms with Crippen LogP contribution in [0.25, 0.3) is 0 Å². The fourth-order valence-corrected chi connectivity index (χ4v) is 2.58. The molecule has 5 nitrogen and oxygen atoms in total. The first-order valence-corrected chi connectivity index (χ1v) is 8.42. The zero-order valence-electron chi connectivity index (χ0n) is 12.9. The van der Waals surface area contributed by atoms with Gasteiger partial charge in [-0.25, -0.2) is 0 Å². The highest BCUT2D eigenvalue weighted by Gasteiger charge is 2.08. The second kappa shape index (κ2) is 8.70. The van der Waals surface area contributed by atoms with Crippen molar-refractivity contribution in [2.24, 2.45) is 0 Å². The average Bonchev–Trinajstić information content (AvgIpc) is 2.54. The summed E-state index contributed by atoms with van der Waals surface area (Å²) in [4.78, 5) is 23.4. The predicted octanol–water partition coefficient (Wildman–Crippen LogP) is 4.47. The van der Waals surface area contributed by atoms with E-state index in [9.17, 15) is 9.59 Å². The molecule has 0 spiro atoms. The van der Waals surface area contributed by atoms with E-state index >= 15 is 0 Å². The van der Waals surface area contributed by atoms with E-state index in [1.54, 1.807) is 49.4 Å². The summed E-state index contributed by atoms with van der Waals surface area (Å²) in [5, 5.41) is 5.86. The van der Waals surface area contributed by atoms with Crippen LogP contribution in [-0.4, -0.2) is 18.4 Å². The average molecular weight is 412 g/mol. The number of nitrogens with one attached hydrogen (secondary N) is 2. The maximum absolute atomic E-state index is 12.0. The summed E-state index contributed by atoms with van der Waals surface area (Å²) < 4.78 is 6.23. The summed E-state index contributed by atoms with van der Waals surface area (Å²) >= 11 is 9.33. The Morgan fingerprint density at radius 3 is 2.38 bits per heavy atom. The van der Waals surface area contributed by atoms with Crippen molar-refractivity contribution in [2.75, 3.05) is 17.2 Å². The van der Waals surface area contributed by atoms with Gasteiger partial charge in [0.2, 0.25) is 5.91 Å². The Bertz CT molecular complexity index is 752. The van der Waals surface area contributed by atoms with Gasteiger partial charge in [-0.1, -0.05) is 40.5 Å². The van der Waals surface area contributed by atoms with Crippen LogP contribution in [0.5, 0.6) is 5.75 Å². The lowest BCUT2D eigenvalue weighted by molar-refractivity contribution is -0.118. The topological polar surface area (TPSA) is 67.4 Å². The minimum atomic E-state index is -0.326. The van der Waals surface area contributed by atoms with Crippen molar-refractivity contribution in [1.29, 1.82) is 0 Å². The van der Waals surface area contributed by atoms with Crippen molar-refractivity contribution in [3.63, 3.8) is 0 Å². The van der Waals surface area contributed by atoms with Crippen molar-refractivity contribution in [1.82, 2.24) is 0 Å². The van der Waals surface area contributed by atoms with E-state index in [0.29, 0.717) is 28.6 Å². The van der Waals surface area contributed by atoms with Gasteiger partial charge in [-0.05, 0) is 36.4 Å². The molecule has 0 aliphatic rings. The normalized spacial score (nSPS) is 10.1. The van der Waals surface area contributed by atoms with Crippen molar-refractivity contribution >= 4 is 50.7 Å². The molecule has 0 saturated carbocycles. The van der Waals surface area contributed by atoms with Gasteiger partial charge in [0, 0.05) is 22.3 Å². The van der Waals surface area contributed by atoms with Gasteiger partial charge >= 0.3 is 0 Å². The van der Waals surface area contributed by atoms with Gasteiger partial charge in [-0.15, -0.1) is 0 Å². The van der Waals surface area contributed by atoms with Gasteiger partial charge in [0.25, 0.3) is 5.91 Å². The molecule has 2 aromatic carbocycles. The molecule has 2 rings (SSSR count). The lowest BCUT2D eigenvalue weighted by Crippen LogP contribution is -2.20. The van der Waals surface area contributed by atoms with E-state index in [0.717, 1.165) is 4.47 Å². The standard InChI is InChI=1S/C17H16BrClN2O3/c1-2-16(22)20-12-4-3-5-13(9-12)21-17(23)10-24-15-7-6-11(18)8-14(15)19/h3-9H,2,10H2,1H3,(H,20,22)(H,21,23). The van der Waals surface area contributed by atoms with Gasteiger partial charge in [0.15, 0.2) is 6.61 Å². The fraction of sp³-hybridized carbons (Fsp3) is 0.176. The highest BCUT2D eigenvalue weighted by Crippen LogP contribution is 2.27. The molecule has 0 saturated heterocycles. The molecule has 0 aromatic heterocycles. The number of halogens is 2. The number of benzene rings is 2. The zero-order chi connectivity index (χ0) is 17.5. The molecule has 0 aliphatic heterocycles. The van der Waals surface area contributed by atoms with Crippen molar-refractivity contribution < 1.29 is 14.3 Å². The minimum absolute atomic E-state index is 0.0910. The number of hydrogen-bond acceptors (Lipinski definition) is 3. The van der Waals surface area contributed by atoms with Crippen LogP contribution in [0, 0.1) is 0 Å². The first-order chi connectivity index (χ1) is 11.5. The molecule has 0 fully saturated rings. The summed E-state index contributed by atoms with van der Waals surface area (Å²) in [5.41, 5.74) is 1.19. The summed E-state index contributed by atoms with van der Waals surface area (Å²) in [7, 11) is 0. The Hall–Kier alpha value is -2.05. The Balaban J connectivity index is 1.92. The molecule has 0 unspecified atom stereocenters. The van der Waals surface area contributed by atoms with Crippen LogP contribution in [-0.2, 0) is 9.59 Å². The van der Waals surface area contributed by atoms with Gasteiger partial charge in [-0.3, -0.25) is 9.59 Å². The number of carbonyl (C=O) groups excluding carboxylic acids is 2. The fourth-order valence-electron chi connectivity index (χ4n) is 1.86. The Morgan fingerprint density at radius 2 is 1.75 bits per heavy atom. The third-order valence-corrected chi connectivity index (χ3v) is 3.79. The second-order valence-electron chi connectivity index (χ2n) is 4.89. The predicted molar refractivity (Wildman–Crippen MR) is 98.6 cm³/mol. The van der Waals surface area contributed by atoms with Gasteiger partial charge < -0.3 is 15.4 Å². The molecular formula is C17H16BrClN2O3. The summed E-state index contributed by atoms with van der Waals surface area (Å²) in [5.74, 6) is 0.0126. The third-order valence-electron chi connectivity index (χ3n) is 3.00. The van der Waals surface area contributed by atoms with E-state index < -0.39 is 0 Å². The number of ether oxygens (including phenoxy) is 1. The maximum Gasteiger partial charge on any atom is 0.262 e.